The van der Waals surface area contributed by atoms with Crippen LogP contribution in [-0.4, -0.2) is 17.4 Å². The zero-order valence-corrected chi connectivity index (χ0v) is 10.5. The first-order valence-electron chi connectivity index (χ1n) is 5.49. The summed E-state index contributed by atoms with van der Waals surface area (Å²) in [6.07, 6.45) is 4.52. The van der Waals surface area contributed by atoms with E-state index in [1.54, 1.807) is 17.5 Å². The number of aromatic nitrogens is 1. The maximum absolute atomic E-state index is 10.7. The van der Waals surface area contributed by atoms with Crippen molar-refractivity contribution in [1.29, 1.82) is 0 Å². The smallest absolute Gasteiger partial charge is 0.216 e. The maximum atomic E-state index is 10.7. The zero-order chi connectivity index (χ0) is 12.1. The van der Waals surface area contributed by atoms with Gasteiger partial charge in [-0.05, 0) is 24.6 Å². The molecule has 0 fully saturated rings. The Kier molecular flexibility index (Phi) is 3.88. The van der Waals surface area contributed by atoms with Crippen molar-refractivity contribution >= 4 is 17.2 Å². The Morgan fingerprint density at radius 3 is 3.00 bits per heavy atom. The minimum atomic E-state index is 0.0223. The van der Waals surface area contributed by atoms with Crippen LogP contribution in [0.25, 0.3) is 10.4 Å². The van der Waals surface area contributed by atoms with E-state index in [2.05, 4.69) is 28.5 Å². The molecular formula is C13H14N2OS. The van der Waals surface area contributed by atoms with E-state index in [-0.39, 0.29) is 5.91 Å². The minimum absolute atomic E-state index is 0.0223. The quantitative estimate of drug-likeness (QED) is 0.900. The largest absolute Gasteiger partial charge is 0.356 e. The summed E-state index contributed by atoms with van der Waals surface area (Å²) < 4.78 is 0. The van der Waals surface area contributed by atoms with Gasteiger partial charge in [0.2, 0.25) is 5.91 Å². The summed E-state index contributed by atoms with van der Waals surface area (Å²) in [5, 5.41) is 2.80. The molecule has 17 heavy (non-hydrogen) atoms. The van der Waals surface area contributed by atoms with Crippen molar-refractivity contribution in [1.82, 2.24) is 10.3 Å². The lowest BCUT2D eigenvalue weighted by molar-refractivity contribution is -0.118. The van der Waals surface area contributed by atoms with Gasteiger partial charge in [-0.1, -0.05) is 6.07 Å². The van der Waals surface area contributed by atoms with Crippen LogP contribution in [0.4, 0.5) is 0 Å². The summed E-state index contributed by atoms with van der Waals surface area (Å²) >= 11 is 1.75. The molecule has 0 aliphatic heterocycles. The Hall–Kier alpha value is -1.68. The van der Waals surface area contributed by atoms with Crippen LogP contribution in [0.15, 0.2) is 36.7 Å². The summed E-state index contributed by atoms with van der Waals surface area (Å²) in [5.41, 5.74) is 1.14. The molecule has 2 aromatic rings. The van der Waals surface area contributed by atoms with E-state index in [4.69, 9.17) is 0 Å². The number of carbonyl (C=O) groups excluding carboxylic acids is 1. The zero-order valence-electron chi connectivity index (χ0n) is 9.64. The van der Waals surface area contributed by atoms with E-state index in [9.17, 15) is 4.79 Å². The number of pyridine rings is 1. The van der Waals surface area contributed by atoms with E-state index < -0.39 is 0 Å². The molecule has 3 nitrogen and oxygen atoms in total. The monoisotopic (exact) mass is 246 g/mol. The molecule has 0 unspecified atom stereocenters. The highest BCUT2D eigenvalue weighted by molar-refractivity contribution is 7.15. The first-order chi connectivity index (χ1) is 8.25. The van der Waals surface area contributed by atoms with E-state index in [0.29, 0.717) is 6.54 Å². The Balaban J connectivity index is 1.99. The van der Waals surface area contributed by atoms with Gasteiger partial charge in [0.15, 0.2) is 0 Å². The van der Waals surface area contributed by atoms with Crippen molar-refractivity contribution in [2.75, 3.05) is 6.54 Å². The molecule has 0 aromatic carbocycles. The lowest BCUT2D eigenvalue weighted by Gasteiger charge is -1.99. The average molecular weight is 246 g/mol. The second-order valence-corrected chi connectivity index (χ2v) is 4.91. The molecular weight excluding hydrogens is 232 g/mol. The molecule has 88 valence electrons. The second-order valence-electron chi connectivity index (χ2n) is 3.74. The predicted molar refractivity (Wildman–Crippen MR) is 69.9 cm³/mol. The van der Waals surface area contributed by atoms with Crippen molar-refractivity contribution in [2.24, 2.45) is 0 Å². The van der Waals surface area contributed by atoms with Crippen LogP contribution in [0.1, 0.15) is 11.8 Å². The van der Waals surface area contributed by atoms with Gasteiger partial charge in [0, 0.05) is 41.2 Å². The van der Waals surface area contributed by atoms with Crippen molar-refractivity contribution < 1.29 is 4.79 Å². The fourth-order valence-corrected chi connectivity index (χ4v) is 2.54. The maximum Gasteiger partial charge on any atom is 0.216 e. The summed E-state index contributed by atoms with van der Waals surface area (Å²) in [6, 6.07) is 8.20. The topological polar surface area (TPSA) is 42.0 Å². The van der Waals surface area contributed by atoms with Crippen LogP contribution in [0.2, 0.25) is 0 Å². The molecule has 0 aliphatic carbocycles. The molecule has 0 aliphatic rings. The number of carbonyl (C=O) groups is 1. The van der Waals surface area contributed by atoms with E-state index in [1.807, 2.05) is 12.3 Å². The highest BCUT2D eigenvalue weighted by atomic mass is 32.1. The van der Waals surface area contributed by atoms with Crippen LogP contribution in [0.3, 0.4) is 0 Å². The van der Waals surface area contributed by atoms with Crippen LogP contribution in [0, 0.1) is 0 Å². The number of hydrogen-bond acceptors (Lipinski definition) is 3. The van der Waals surface area contributed by atoms with Crippen molar-refractivity contribution in [3.8, 4) is 10.4 Å². The lowest BCUT2D eigenvalue weighted by atomic mass is 10.2. The van der Waals surface area contributed by atoms with Crippen molar-refractivity contribution in [3.05, 3.63) is 41.5 Å². The predicted octanol–water partition coefficient (Wildman–Crippen LogP) is 2.49. The van der Waals surface area contributed by atoms with Gasteiger partial charge < -0.3 is 5.32 Å². The molecule has 2 heterocycles. The third kappa shape index (κ3) is 3.39. The van der Waals surface area contributed by atoms with Gasteiger partial charge in [-0.25, -0.2) is 0 Å². The molecule has 0 spiro atoms. The van der Waals surface area contributed by atoms with Crippen LogP contribution in [0.5, 0.6) is 0 Å². The molecule has 1 N–H and O–H groups in total. The average Bonchev–Trinajstić information content (AvgIpc) is 2.78. The van der Waals surface area contributed by atoms with E-state index >= 15 is 0 Å². The van der Waals surface area contributed by atoms with Gasteiger partial charge in [0.05, 0.1) is 0 Å². The molecule has 0 radical (unpaired) electrons. The normalized spacial score (nSPS) is 10.2. The highest BCUT2D eigenvalue weighted by Gasteiger charge is 2.02. The lowest BCUT2D eigenvalue weighted by Crippen LogP contribution is -2.21. The Morgan fingerprint density at radius 1 is 1.41 bits per heavy atom. The van der Waals surface area contributed by atoms with Gasteiger partial charge in [0.1, 0.15) is 0 Å². The third-order valence-electron chi connectivity index (χ3n) is 2.35. The highest BCUT2D eigenvalue weighted by Crippen LogP contribution is 2.27. The van der Waals surface area contributed by atoms with Gasteiger partial charge in [-0.2, -0.15) is 0 Å². The number of thiophene rings is 1. The van der Waals surface area contributed by atoms with Gasteiger partial charge in [-0.15, -0.1) is 11.3 Å². The number of amides is 1. The summed E-state index contributed by atoms with van der Waals surface area (Å²) in [4.78, 5) is 17.3. The minimum Gasteiger partial charge on any atom is -0.356 e. The van der Waals surface area contributed by atoms with Crippen LogP contribution in [-0.2, 0) is 11.2 Å². The molecule has 0 bridgehead atoms. The molecule has 0 saturated heterocycles. The first-order valence-corrected chi connectivity index (χ1v) is 6.31. The number of nitrogens with zero attached hydrogens (tertiary/aromatic N) is 1. The van der Waals surface area contributed by atoms with Gasteiger partial charge >= 0.3 is 0 Å². The Labute approximate surface area is 105 Å². The Bertz CT molecular complexity index is 493. The molecule has 1 amide bonds. The van der Waals surface area contributed by atoms with Crippen LogP contribution >= 0.6 is 11.3 Å². The fraction of sp³-hybridized carbons (Fsp3) is 0.231. The van der Waals surface area contributed by atoms with Crippen molar-refractivity contribution in [2.45, 2.75) is 13.3 Å². The summed E-state index contributed by atoms with van der Waals surface area (Å²) in [6.45, 7) is 2.23. The number of hydrogen-bond donors (Lipinski definition) is 1. The fourth-order valence-electron chi connectivity index (χ4n) is 1.54. The Morgan fingerprint density at radius 2 is 2.29 bits per heavy atom. The third-order valence-corrected chi connectivity index (χ3v) is 3.55. The molecule has 2 rings (SSSR count). The SMILES string of the molecule is CC(=O)NCCc1ccc(-c2cccnc2)s1. The van der Waals surface area contributed by atoms with Crippen molar-refractivity contribution in [3.63, 3.8) is 0 Å². The van der Waals surface area contributed by atoms with Crippen LogP contribution < -0.4 is 5.32 Å². The number of nitrogens with one attached hydrogen (secondary N) is 1. The molecule has 2 aromatic heterocycles. The van der Waals surface area contributed by atoms with Gasteiger partial charge in [-0.3, -0.25) is 9.78 Å². The molecule has 0 atom stereocenters. The van der Waals surface area contributed by atoms with Gasteiger partial charge in [0.25, 0.3) is 0 Å². The summed E-state index contributed by atoms with van der Waals surface area (Å²) in [5.74, 6) is 0.0223. The number of rotatable bonds is 4. The van der Waals surface area contributed by atoms with E-state index in [1.165, 1.54) is 16.7 Å². The first kappa shape index (κ1) is 11.8. The standard InChI is InChI=1S/C13H14N2OS/c1-10(16)15-8-6-12-4-5-13(17-12)11-3-2-7-14-9-11/h2-5,7,9H,6,8H2,1H3,(H,15,16). The molecule has 0 saturated carbocycles. The molecule has 4 heteroatoms. The second kappa shape index (κ2) is 5.59. The van der Waals surface area contributed by atoms with E-state index in [0.717, 1.165) is 12.0 Å². The summed E-state index contributed by atoms with van der Waals surface area (Å²) in [7, 11) is 0.